The highest BCUT2D eigenvalue weighted by molar-refractivity contribution is 6.23. The van der Waals surface area contributed by atoms with E-state index in [1.165, 1.54) is 0 Å². The van der Waals surface area contributed by atoms with Gasteiger partial charge in [-0.3, -0.25) is 14.6 Å². The molecule has 0 radical (unpaired) electrons. The van der Waals surface area contributed by atoms with Crippen LogP contribution in [0.1, 0.15) is 39.9 Å². The molecule has 7 nitrogen and oxygen atoms in total. The van der Waals surface area contributed by atoms with Gasteiger partial charge in [-0.15, -0.1) is 0 Å². The van der Waals surface area contributed by atoms with Gasteiger partial charge in [0.15, 0.2) is 5.78 Å². The van der Waals surface area contributed by atoms with E-state index >= 15 is 0 Å². The lowest BCUT2D eigenvalue weighted by molar-refractivity contribution is 0.103. The Morgan fingerprint density at radius 1 is 1.07 bits per heavy atom. The number of carbonyl (C=O) groups is 1. The van der Waals surface area contributed by atoms with Gasteiger partial charge in [-0.05, 0) is 24.6 Å². The quantitative estimate of drug-likeness (QED) is 0.638. The van der Waals surface area contributed by atoms with Crippen LogP contribution < -0.4 is 21.3 Å². The molecule has 29 heavy (non-hydrogen) atoms. The van der Waals surface area contributed by atoms with Crippen LogP contribution in [0.2, 0.25) is 0 Å². The third-order valence-electron chi connectivity index (χ3n) is 5.27. The number of nitrogens with one attached hydrogen (secondary N) is 2. The van der Waals surface area contributed by atoms with Crippen molar-refractivity contribution in [2.45, 2.75) is 12.8 Å². The molecule has 0 fully saturated rings. The first-order valence-corrected chi connectivity index (χ1v) is 9.36. The summed E-state index contributed by atoms with van der Waals surface area (Å²) < 4.78 is 5.53. The smallest absolute Gasteiger partial charge is 0.258 e. The molecule has 0 saturated carbocycles. The summed E-state index contributed by atoms with van der Waals surface area (Å²) in [4.78, 5) is 33.0. The van der Waals surface area contributed by atoms with Crippen molar-refractivity contribution in [1.29, 1.82) is 0 Å². The molecule has 0 amide bonds. The SMILES string of the molecule is CCOc1ccc([C@H]2C3=C(Nc4nc(N)[nH]c(=O)c42)c2ccccc2C3=O)cc1. The molecular formula is C22H18N4O3. The summed E-state index contributed by atoms with van der Waals surface area (Å²) in [5, 5.41) is 3.18. The van der Waals surface area contributed by atoms with Gasteiger partial charge in [0, 0.05) is 22.6 Å². The number of nitrogens with two attached hydrogens (primary N) is 1. The number of fused-ring (bicyclic) bond motifs is 3. The Labute approximate surface area is 166 Å². The molecule has 4 N–H and O–H groups in total. The predicted octanol–water partition coefficient (Wildman–Crippen LogP) is 2.92. The molecule has 3 aromatic rings. The molecule has 0 unspecified atom stereocenters. The lowest BCUT2D eigenvalue weighted by atomic mass is 9.81. The summed E-state index contributed by atoms with van der Waals surface area (Å²) >= 11 is 0. The van der Waals surface area contributed by atoms with Crippen LogP contribution in [-0.2, 0) is 0 Å². The van der Waals surface area contributed by atoms with E-state index in [-0.39, 0.29) is 17.3 Å². The molecule has 7 heteroatoms. The highest BCUT2D eigenvalue weighted by atomic mass is 16.5. The molecule has 0 bridgehead atoms. The van der Waals surface area contributed by atoms with E-state index in [1.54, 1.807) is 6.07 Å². The van der Waals surface area contributed by atoms with Crippen molar-refractivity contribution in [2.24, 2.45) is 0 Å². The second-order valence-electron chi connectivity index (χ2n) is 6.94. The maximum absolute atomic E-state index is 13.3. The monoisotopic (exact) mass is 386 g/mol. The average Bonchev–Trinajstić information content (AvgIpc) is 3.00. The van der Waals surface area contributed by atoms with Crippen molar-refractivity contribution in [1.82, 2.24) is 9.97 Å². The maximum atomic E-state index is 13.3. The van der Waals surface area contributed by atoms with E-state index in [0.717, 1.165) is 16.9 Å². The van der Waals surface area contributed by atoms with Crippen LogP contribution in [0.3, 0.4) is 0 Å². The van der Waals surface area contributed by atoms with Crippen molar-refractivity contribution in [3.63, 3.8) is 0 Å². The Bertz CT molecular complexity index is 1240. The summed E-state index contributed by atoms with van der Waals surface area (Å²) in [5.74, 6) is 0.462. The number of hydrogen-bond acceptors (Lipinski definition) is 6. The number of aromatic nitrogens is 2. The van der Waals surface area contributed by atoms with Gasteiger partial charge in [0.25, 0.3) is 5.56 Å². The van der Waals surface area contributed by atoms with Crippen molar-refractivity contribution >= 4 is 23.2 Å². The van der Waals surface area contributed by atoms with Gasteiger partial charge >= 0.3 is 0 Å². The second-order valence-corrected chi connectivity index (χ2v) is 6.94. The zero-order chi connectivity index (χ0) is 20.1. The number of ketones is 1. The Morgan fingerprint density at radius 3 is 2.52 bits per heavy atom. The van der Waals surface area contributed by atoms with Crippen molar-refractivity contribution in [2.75, 3.05) is 17.7 Å². The topological polar surface area (TPSA) is 110 Å². The first-order valence-electron chi connectivity index (χ1n) is 9.36. The fourth-order valence-electron chi connectivity index (χ4n) is 4.10. The number of carbonyl (C=O) groups excluding carboxylic acids is 1. The summed E-state index contributed by atoms with van der Waals surface area (Å²) in [6.07, 6.45) is 0. The van der Waals surface area contributed by atoms with Gasteiger partial charge in [-0.25, -0.2) is 0 Å². The average molecular weight is 386 g/mol. The molecule has 2 aromatic carbocycles. The van der Waals surface area contributed by atoms with Crippen LogP contribution in [0, 0.1) is 0 Å². The molecule has 2 heterocycles. The summed E-state index contributed by atoms with van der Waals surface area (Å²) in [5.41, 5.74) is 9.22. The van der Waals surface area contributed by atoms with Crippen LogP contribution >= 0.6 is 0 Å². The first-order chi connectivity index (χ1) is 14.1. The number of nitrogen functional groups attached to an aromatic ring is 1. The van der Waals surface area contributed by atoms with Gasteiger partial charge in [-0.1, -0.05) is 36.4 Å². The fourth-order valence-corrected chi connectivity index (χ4v) is 4.10. The largest absolute Gasteiger partial charge is 0.494 e. The molecule has 144 valence electrons. The van der Waals surface area contributed by atoms with E-state index < -0.39 is 5.92 Å². The molecule has 1 aromatic heterocycles. The lowest BCUT2D eigenvalue weighted by Crippen LogP contribution is -2.28. The summed E-state index contributed by atoms with van der Waals surface area (Å²) in [6, 6.07) is 14.8. The van der Waals surface area contributed by atoms with Crippen LogP contribution in [0.15, 0.2) is 58.9 Å². The molecule has 2 aliphatic rings. The maximum Gasteiger partial charge on any atom is 0.258 e. The lowest BCUT2D eigenvalue weighted by Gasteiger charge is -2.27. The number of anilines is 2. The van der Waals surface area contributed by atoms with E-state index in [1.807, 2.05) is 49.4 Å². The third kappa shape index (κ3) is 2.55. The molecule has 0 spiro atoms. The van der Waals surface area contributed by atoms with E-state index in [4.69, 9.17) is 10.5 Å². The Hall–Kier alpha value is -3.87. The third-order valence-corrected chi connectivity index (χ3v) is 5.27. The standard InChI is InChI=1S/C22H18N4O3/c1-2-29-12-9-7-11(8-10-12)15-16-18(13-5-3-4-6-14(13)19(16)27)24-20-17(15)21(28)26-22(23)25-20/h3-10,15H,2H2,1H3,(H4,23,24,25,26,28)/t15-/m0/s1. The number of H-pyrrole nitrogens is 1. The van der Waals surface area contributed by atoms with Gasteiger partial charge in [0.05, 0.1) is 17.9 Å². The van der Waals surface area contributed by atoms with Crippen LogP contribution in [0.25, 0.3) is 5.70 Å². The minimum Gasteiger partial charge on any atom is -0.494 e. The molecule has 1 aliphatic carbocycles. The number of hydrogen-bond donors (Lipinski definition) is 3. The van der Waals surface area contributed by atoms with Crippen LogP contribution in [-0.4, -0.2) is 22.4 Å². The highest BCUT2D eigenvalue weighted by Crippen LogP contribution is 2.47. The normalized spacial score (nSPS) is 16.7. The van der Waals surface area contributed by atoms with Crippen molar-refractivity contribution in [3.8, 4) is 5.75 Å². The van der Waals surface area contributed by atoms with E-state index in [9.17, 15) is 9.59 Å². The van der Waals surface area contributed by atoms with Crippen LogP contribution in [0.4, 0.5) is 11.8 Å². The Morgan fingerprint density at radius 2 is 1.79 bits per heavy atom. The molecular weight excluding hydrogens is 368 g/mol. The van der Waals surface area contributed by atoms with E-state index in [2.05, 4.69) is 15.3 Å². The number of nitrogens with zero attached hydrogens (tertiary/aromatic N) is 1. The molecule has 1 aliphatic heterocycles. The second kappa shape index (κ2) is 6.34. The number of benzene rings is 2. The van der Waals surface area contributed by atoms with Crippen LogP contribution in [0.5, 0.6) is 5.75 Å². The van der Waals surface area contributed by atoms with Gasteiger partial charge in [0.1, 0.15) is 11.6 Å². The number of rotatable bonds is 3. The van der Waals surface area contributed by atoms with Gasteiger partial charge < -0.3 is 15.8 Å². The Kier molecular flexibility index (Phi) is 3.77. The van der Waals surface area contributed by atoms with Gasteiger partial charge in [-0.2, -0.15) is 4.98 Å². The predicted molar refractivity (Wildman–Crippen MR) is 110 cm³/mol. The molecule has 0 saturated heterocycles. The minimum atomic E-state index is -0.561. The minimum absolute atomic E-state index is 0.0216. The fraction of sp³-hybridized carbons (Fsp3) is 0.136. The molecule has 5 rings (SSSR count). The number of aromatic amines is 1. The van der Waals surface area contributed by atoms with Crippen molar-refractivity contribution < 1.29 is 9.53 Å². The Balaban J connectivity index is 1.75. The zero-order valence-corrected chi connectivity index (χ0v) is 15.7. The zero-order valence-electron chi connectivity index (χ0n) is 15.7. The highest BCUT2D eigenvalue weighted by Gasteiger charge is 2.41. The van der Waals surface area contributed by atoms with E-state index in [0.29, 0.717) is 34.8 Å². The number of Topliss-reactive ketones (excluding diaryl/α,β-unsaturated/α-hetero) is 1. The number of allylic oxidation sites excluding steroid dienone is 1. The van der Waals surface area contributed by atoms with Gasteiger partial charge in [0.2, 0.25) is 5.95 Å². The van der Waals surface area contributed by atoms with Crippen molar-refractivity contribution in [3.05, 3.63) is 86.7 Å². The molecule has 1 atom stereocenters. The summed E-state index contributed by atoms with van der Waals surface area (Å²) in [7, 11) is 0. The number of ether oxygens (including phenoxy) is 1. The first kappa shape index (κ1) is 17.2. The summed E-state index contributed by atoms with van der Waals surface area (Å²) in [6.45, 7) is 2.47.